The van der Waals surface area contributed by atoms with Crippen LogP contribution in [0, 0.1) is 0 Å². The third-order valence-corrected chi connectivity index (χ3v) is 8.14. The Kier molecular flexibility index (Phi) is 7.68. The molecular formula is C30H34N10O3. The first kappa shape index (κ1) is 27.4. The van der Waals surface area contributed by atoms with E-state index in [1.54, 1.807) is 21.9 Å². The van der Waals surface area contributed by atoms with Gasteiger partial charge in [0, 0.05) is 25.0 Å². The lowest BCUT2D eigenvalue weighted by Crippen LogP contribution is -2.33. The second-order valence-corrected chi connectivity index (χ2v) is 11.0. The number of nitrogens with zero attached hydrogens (tertiary/aromatic N) is 7. The monoisotopic (exact) mass is 582 g/mol. The summed E-state index contributed by atoms with van der Waals surface area (Å²) in [6.45, 7) is 2.55. The number of benzene rings is 2. The van der Waals surface area contributed by atoms with Crippen LogP contribution in [-0.4, -0.2) is 88.5 Å². The molecule has 5 N–H and O–H groups in total. The Morgan fingerprint density at radius 3 is 2.42 bits per heavy atom. The molecule has 3 aromatic heterocycles. The Bertz CT molecular complexity index is 1590. The molecule has 5 aromatic rings. The smallest absolute Gasteiger partial charge is 0.227 e. The number of rotatable bonds is 10. The lowest BCUT2D eigenvalue weighted by Gasteiger charge is -2.20. The van der Waals surface area contributed by atoms with Crippen LogP contribution in [0.1, 0.15) is 29.7 Å². The van der Waals surface area contributed by atoms with Crippen LogP contribution in [0.4, 0.5) is 11.8 Å². The van der Waals surface area contributed by atoms with Gasteiger partial charge in [0.1, 0.15) is 31.0 Å². The Hall–Kier alpha value is -4.43. The molecule has 43 heavy (non-hydrogen) atoms. The minimum Gasteiger partial charge on any atom is -0.387 e. The fourth-order valence-electron chi connectivity index (χ4n) is 5.87. The molecule has 7 rings (SSSR count). The SMILES string of the molecule is O[C@@H]1[C@H](O)[C@@H](Cn2cncn2)O[C@H]1n1cnc2c(NCC(c3ccccc3)c3ccccc3)nc(NC3CCNC3)nc21. The summed E-state index contributed by atoms with van der Waals surface area (Å²) in [5.41, 5.74) is 3.39. The summed E-state index contributed by atoms with van der Waals surface area (Å²) in [6, 6.07) is 20.9. The summed E-state index contributed by atoms with van der Waals surface area (Å²) in [7, 11) is 0. The molecule has 2 aromatic carbocycles. The van der Waals surface area contributed by atoms with Crippen LogP contribution in [0.15, 0.2) is 79.6 Å². The van der Waals surface area contributed by atoms with Gasteiger partial charge in [-0.1, -0.05) is 60.7 Å². The minimum absolute atomic E-state index is 0.0672. The van der Waals surface area contributed by atoms with Gasteiger partial charge >= 0.3 is 0 Å². The van der Waals surface area contributed by atoms with E-state index in [4.69, 9.17) is 14.7 Å². The van der Waals surface area contributed by atoms with Crippen molar-refractivity contribution in [1.29, 1.82) is 0 Å². The molecule has 1 unspecified atom stereocenters. The van der Waals surface area contributed by atoms with Gasteiger partial charge in [0.05, 0.1) is 12.9 Å². The number of hydrogen-bond acceptors (Lipinski definition) is 11. The topological polar surface area (TPSA) is 160 Å². The maximum absolute atomic E-state index is 11.0. The van der Waals surface area contributed by atoms with E-state index in [0.29, 0.717) is 29.5 Å². The van der Waals surface area contributed by atoms with Crippen LogP contribution in [0.3, 0.4) is 0 Å². The van der Waals surface area contributed by atoms with E-state index in [9.17, 15) is 10.2 Å². The summed E-state index contributed by atoms with van der Waals surface area (Å²) >= 11 is 0. The fraction of sp³-hybridized carbons (Fsp3) is 0.367. The Morgan fingerprint density at radius 2 is 1.74 bits per heavy atom. The second kappa shape index (κ2) is 12.1. The van der Waals surface area contributed by atoms with E-state index in [1.807, 2.05) is 36.4 Å². The van der Waals surface area contributed by atoms with Gasteiger partial charge in [-0.15, -0.1) is 0 Å². The van der Waals surface area contributed by atoms with Gasteiger partial charge in [0.25, 0.3) is 0 Å². The molecule has 2 aliphatic rings. The minimum atomic E-state index is -1.20. The van der Waals surface area contributed by atoms with Crippen LogP contribution in [0.25, 0.3) is 11.2 Å². The van der Waals surface area contributed by atoms with Crippen LogP contribution < -0.4 is 16.0 Å². The molecule has 2 saturated heterocycles. The van der Waals surface area contributed by atoms with Crippen molar-refractivity contribution in [3.8, 4) is 0 Å². The zero-order valence-corrected chi connectivity index (χ0v) is 23.4. The molecule has 5 atom stereocenters. The van der Waals surface area contributed by atoms with Crippen molar-refractivity contribution < 1.29 is 14.9 Å². The highest BCUT2D eigenvalue weighted by Crippen LogP contribution is 2.34. The van der Waals surface area contributed by atoms with E-state index < -0.39 is 24.5 Å². The average molecular weight is 583 g/mol. The molecule has 0 radical (unpaired) electrons. The number of imidazole rings is 1. The van der Waals surface area contributed by atoms with Gasteiger partial charge in [0.15, 0.2) is 23.2 Å². The first-order chi connectivity index (χ1) is 21.1. The standard InChI is InChI=1S/C30H34N10O3/c41-25-23(15-39-17-32-16-35-39)43-29(26(25)42)40-18-34-24-27(37-30(38-28(24)40)36-21-11-12-31-13-21)33-14-22(19-7-3-1-4-8-19)20-9-5-2-6-10-20/h1-10,16-18,21-23,25-26,29,31,41-42H,11-15H2,(H2,33,36,37,38)/t21?,23-,25-,26-,29-/m1/s1. The van der Waals surface area contributed by atoms with E-state index in [0.717, 1.165) is 19.5 Å². The third-order valence-electron chi connectivity index (χ3n) is 8.14. The summed E-state index contributed by atoms with van der Waals surface area (Å²) in [5.74, 6) is 1.09. The van der Waals surface area contributed by atoms with Crippen molar-refractivity contribution in [2.75, 3.05) is 30.3 Å². The molecule has 0 saturated carbocycles. The average Bonchev–Trinajstić information content (AvgIpc) is 3.86. The van der Waals surface area contributed by atoms with Crippen molar-refractivity contribution in [2.24, 2.45) is 0 Å². The normalized spacial score (nSPS) is 23.7. The number of ether oxygens (including phenoxy) is 1. The van der Waals surface area contributed by atoms with Crippen molar-refractivity contribution in [3.05, 3.63) is 90.8 Å². The van der Waals surface area contributed by atoms with E-state index in [2.05, 4.69) is 55.3 Å². The van der Waals surface area contributed by atoms with Gasteiger partial charge in [-0.3, -0.25) is 9.25 Å². The summed E-state index contributed by atoms with van der Waals surface area (Å²) in [4.78, 5) is 18.3. The number of nitrogens with one attached hydrogen (secondary N) is 3. The van der Waals surface area contributed by atoms with E-state index >= 15 is 0 Å². The second-order valence-electron chi connectivity index (χ2n) is 11.0. The molecule has 2 fully saturated rings. The van der Waals surface area contributed by atoms with Crippen molar-refractivity contribution in [1.82, 2.24) is 39.6 Å². The Balaban J connectivity index is 1.22. The largest absolute Gasteiger partial charge is 0.387 e. The van der Waals surface area contributed by atoms with Crippen LogP contribution >= 0.6 is 0 Å². The van der Waals surface area contributed by atoms with Gasteiger partial charge in [-0.05, 0) is 24.1 Å². The molecule has 2 aliphatic heterocycles. The number of fused-ring (bicyclic) bond motifs is 1. The van der Waals surface area contributed by atoms with Gasteiger partial charge in [-0.2, -0.15) is 15.1 Å². The molecule has 5 heterocycles. The van der Waals surface area contributed by atoms with Crippen molar-refractivity contribution in [2.45, 2.75) is 49.5 Å². The lowest BCUT2D eigenvalue weighted by atomic mass is 9.91. The first-order valence-electron chi connectivity index (χ1n) is 14.5. The molecule has 0 aliphatic carbocycles. The maximum atomic E-state index is 11.0. The summed E-state index contributed by atoms with van der Waals surface area (Å²) in [5, 5.41) is 36.3. The van der Waals surface area contributed by atoms with Gasteiger partial charge in [0.2, 0.25) is 5.95 Å². The zero-order valence-electron chi connectivity index (χ0n) is 23.4. The van der Waals surface area contributed by atoms with Crippen LogP contribution in [-0.2, 0) is 11.3 Å². The van der Waals surface area contributed by atoms with E-state index in [-0.39, 0.29) is 18.5 Å². The fourth-order valence-corrected chi connectivity index (χ4v) is 5.87. The molecule has 13 nitrogen and oxygen atoms in total. The highest BCUT2D eigenvalue weighted by molar-refractivity contribution is 5.84. The van der Waals surface area contributed by atoms with Crippen LogP contribution in [0.5, 0.6) is 0 Å². The maximum Gasteiger partial charge on any atom is 0.227 e. The third kappa shape index (κ3) is 5.67. The Labute approximate surface area is 248 Å². The summed E-state index contributed by atoms with van der Waals surface area (Å²) < 4.78 is 9.39. The molecule has 0 spiro atoms. The molecule has 222 valence electrons. The van der Waals surface area contributed by atoms with Crippen LogP contribution in [0.2, 0.25) is 0 Å². The van der Waals surface area contributed by atoms with Gasteiger partial charge in [-0.25, -0.2) is 9.97 Å². The quantitative estimate of drug-likeness (QED) is 0.163. The number of aliphatic hydroxyl groups is 2. The van der Waals surface area contributed by atoms with Gasteiger partial charge < -0.3 is 30.9 Å². The number of aliphatic hydroxyl groups excluding tert-OH is 2. The molecule has 0 amide bonds. The number of anilines is 2. The molecule has 0 bridgehead atoms. The highest BCUT2D eigenvalue weighted by atomic mass is 16.6. The van der Waals surface area contributed by atoms with E-state index in [1.165, 1.54) is 17.5 Å². The van der Waals surface area contributed by atoms with Crippen molar-refractivity contribution in [3.63, 3.8) is 0 Å². The van der Waals surface area contributed by atoms with Crippen molar-refractivity contribution >= 4 is 22.9 Å². The highest BCUT2D eigenvalue weighted by Gasteiger charge is 2.44. The molecule has 13 heteroatoms. The lowest BCUT2D eigenvalue weighted by molar-refractivity contribution is -0.0402. The Morgan fingerprint density at radius 1 is 0.977 bits per heavy atom. The number of aromatic nitrogens is 7. The molecular weight excluding hydrogens is 548 g/mol. The zero-order chi connectivity index (χ0) is 29.2. The first-order valence-corrected chi connectivity index (χ1v) is 14.5. The predicted molar refractivity (Wildman–Crippen MR) is 159 cm³/mol. The summed E-state index contributed by atoms with van der Waals surface area (Å²) in [6.07, 6.45) is 1.56. The number of hydrogen-bond donors (Lipinski definition) is 5. The predicted octanol–water partition coefficient (Wildman–Crippen LogP) is 1.75.